The zero-order valence-corrected chi connectivity index (χ0v) is 49.6. The van der Waals surface area contributed by atoms with E-state index in [0.29, 0.717) is 28.3 Å². The first kappa shape index (κ1) is 59.9. The number of para-hydroxylation sites is 1. The van der Waals surface area contributed by atoms with Crippen LogP contribution in [-0.2, 0) is 31.1 Å². The number of carbonyl (C=O) groups is 1. The average Bonchev–Trinajstić information content (AvgIpc) is 3.82. The second-order valence-electron chi connectivity index (χ2n) is 21.1. The van der Waals surface area contributed by atoms with E-state index in [-0.39, 0.29) is 56.8 Å². The fraction of sp³-hybridized carbons (Fsp3) is 0.266. The minimum atomic E-state index is -4.56. The van der Waals surface area contributed by atoms with Crippen molar-refractivity contribution in [1.29, 1.82) is 0 Å². The zero-order valence-electron chi connectivity index (χ0n) is 45.2. The molecular formula is C64H65F5IrN2O3Si2-2. The number of benzene rings is 6. The minimum absolute atomic E-state index is 0. The van der Waals surface area contributed by atoms with Crippen LogP contribution in [0.25, 0.3) is 77.5 Å². The van der Waals surface area contributed by atoms with Gasteiger partial charge < -0.3 is 14.5 Å². The summed E-state index contributed by atoms with van der Waals surface area (Å²) in [5.74, 6) is -1.53. The van der Waals surface area contributed by atoms with Gasteiger partial charge in [0, 0.05) is 55.0 Å². The van der Waals surface area contributed by atoms with Crippen molar-refractivity contribution < 1.29 is 56.4 Å². The van der Waals surface area contributed by atoms with E-state index in [2.05, 4.69) is 122 Å². The van der Waals surface area contributed by atoms with Crippen LogP contribution in [0.4, 0.5) is 22.0 Å². The summed E-state index contributed by atoms with van der Waals surface area (Å²) < 4.78 is 75.9. The SMILES string of the molecule is CCC(F)(CC)C(=O)/C=C(\O)C(F)(CC)CC.C[Si](C)(C)c1ccc(-c2cc(-c3ncc(C(F)(F)F)c4c3oc3ccccc34)[c-]c3ccccc23)cc1.C[Si](C)(C)c1ccc(-c2ccnc(-c3[c-]cccc3)c2)cc1.[Ir]. The first-order valence-corrected chi connectivity index (χ1v) is 32.8. The van der Waals surface area contributed by atoms with Gasteiger partial charge in [0.15, 0.2) is 17.1 Å². The Bertz CT molecular complexity index is 3490. The quantitative estimate of drug-likeness (QED) is 0.0409. The molecule has 3 heterocycles. The van der Waals surface area contributed by atoms with Crippen LogP contribution in [0.3, 0.4) is 0 Å². The molecule has 0 aliphatic carbocycles. The minimum Gasteiger partial charge on any atom is -0.509 e. The standard InChI is InChI=1S/C31H23F3NOSi.C20H20NSi.C13H22F2O2.Ir/c1-37(2,3)22-14-12-19(13-15-22)25-17-21(16-20-8-4-5-9-23(20)25)29-30-28(26(18-35-29)31(32,33)34)24-10-6-7-11-27(24)36-30;1-22(2,3)19-11-9-16(10-12-19)18-13-14-21-20(15-18)17-7-5-4-6-8-17;1-5-12(14,6-2)10(16)9-11(17)13(15,7-3)8-4;/h4-15,17-18H,1-3H3;4-7,9-15H,1-3H3;9,16H,5-8H2,1-4H3;/q2*-1;;/b;;10-9-;. The molecule has 0 saturated heterocycles. The molecule has 0 aliphatic rings. The second kappa shape index (κ2) is 24.5. The van der Waals surface area contributed by atoms with Gasteiger partial charge in [0.1, 0.15) is 16.9 Å². The molecule has 0 atom stereocenters. The van der Waals surface area contributed by atoms with E-state index in [1.165, 1.54) is 21.5 Å². The summed E-state index contributed by atoms with van der Waals surface area (Å²) in [6, 6.07) is 53.0. The van der Waals surface area contributed by atoms with Crippen molar-refractivity contribution >= 4 is 65.0 Å². The number of halogens is 5. The molecule has 0 unspecified atom stereocenters. The number of nitrogens with zero attached hydrogens (tertiary/aromatic N) is 2. The first-order valence-electron chi connectivity index (χ1n) is 25.8. The van der Waals surface area contributed by atoms with Gasteiger partial charge in [-0.3, -0.25) is 9.78 Å². The molecule has 9 rings (SSSR count). The van der Waals surface area contributed by atoms with Gasteiger partial charge in [-0.2, -0.15) is 13.2 Å². The fourth-order valence-corrected chi connectivity index (χ4v) is 11.3. The van der Waals surface area contributed by atoms with Crippen molar-refractivity contribution in [1.82, 2.24) is 9.97 Å². The fourth-order valence-electron chi connectivity index (χ4n) is 8.95. The third-order valence-corrected chi connectivity index (χ3v) is 18.2. The third kappa shape index (κ3) is 13.7. The normalized spacial score (nSPS) is 12.4. The number of hydrogen-bond acceptors (Lipinski definition) is 5. The smallest absolute Gasteiger partial charge is 0.418 e. The van der Waals surface area contributed by atoms with Gasteiger partial charge in [0.05, 0.1) is 21.7 Å². The molecule has 5 nitrogen and oxygen atoms in total. The monoisotopic (exact) mass is 1250 g/mol. The van der Waals surface area contributed by atoms with E-state index in [1.807, 2.05) is 60.8 Å². The van der Waals surface area contributed by atoms with Crippen LogP contribution >= 0.6 is 0 Å². The van der Waals surface area contributed by atoms with E-state index >= 15 is 0 Å². The van der Waals surface area contributed by atoms with Gasteiger partial charge >= 0.3 is 6.18 Å². The van der Waals surface area contributed by atoms with Gasteiger partial charge in [0.25, 0.3) is 0 Å². The van der Waals surface area contributed by atoms with Crippen LogP contribution < -0.4 is 10.4 Å². The molecule has 0 fully saturated rings. The largest absolute Gasteiger partial charge is 0.509 e. The average molecular weight is 1250 g/mol. The van der Waals surface area contributed by atoms with Gasteiger partial charge in [0.2, 0.25) is 0 Å². The van der Waals surface area contributed by atoms with Crippen LogP contribution in [0, 0.1) is 12.1 Å². The summed E-state index contributed by atoms with van der Waals surface area (Å²) in [5.41, 5.74) is 3.11. The molecule has 6 aromatic carbocycles. The number of carbonyl (C=O) groups excluding carboxylic acids is 1. The Morgan fingerprint density at radius 3 is 1.75 bits per heavy atom. The Hall–Kier alpha value is -6.38. The van der Waals surface area contributed by atoms with Gasteiger partial charge in [-0.15, -0.1) is 59.5 Å². The Morgan fingerprint density at radius 1 is 0.636 bits per heavy atom. The summed E-state index contributed by atoms with van der Waals surface area (Å²) >= 11 is 0. The first-order chi connectivity index (χ1) is 35.9. The van der Waals surface area contributed by atoms with Crippen LogP contribution in [0.2, 0.25) is 39.3 Å². The van der Waals surface area contributed by atoms with Gasteiger partial charge in [-0.25, -0.2) is 8.78 Å². The van der Waals surface area contributed by atoms with Crippen LogP contribution in [-0.4, -0.2) is 48.3 Å². The summed E-state index contributed by atoms with van der Waals surface area (Å²) in [5, 5.41) is 14.7. The molecule has 3 aromatic heterocycles. The maximum Gasteiger partial charge on any atom is 0.418 e. The van der Waals surface area contributed by atoms with Gasteiger partial charge in [-0.1, -0.05) is 185 Å². The van der Waals surface area contributed by atoms with Crippen molar-refractivity contribution in [2.45, 2.75) is 110 Å². The number of hydrogen-bond donors (Lipinski definition) is 1. The van der Waals surface area contributed by atoms with E-state index in [0.717, 1.165) is 39.4 Å². The Labute approximate surface area is 465 Å². The molecule has 1 N–H and O–H groups in total. The molecule has 1 radical (unpaired) electrons. The number of rotatable bonds is 13. The molecule has 403 valence electrons. The predicted octanol–water partition coefficient (Wildman–Crippen LogP) is 17.6. The summed E-state index contributed by atoms with van der Waals surface area (Å²) in [6.07, 6.45) is -0.934. The van der Waals surface area contributed by atoms with Crippen molar-refractivity contribution in [2.75, 3.05) is 0 Å². The molecule has 77 heavy (non-hydrogen) atoms. The number of fused-ring (bicyclic) bond motifs is 4. The molecule has 0 aliphatic heterocycles. The van der Waals surface area contributed by atoms with Crippen molar-refractivity contribution in [2.24, 2.45) is 0 Å². The van der Waals surface area contributed by atoms with Crippen LogP contribution in [0.15, 0.2) is 168 Å². The Kier molecular flexibility index (Phi) is 19.1. The van der Waals surface area contributed by atoms with E-state index < -0.39 is 50.8 Å². The molecule has 9 aromatic rings. The summed E-state index contributed by atoms with van der Waals surface area (Å²) in [6.45, 7) is 20.3. The van der Waals surface area contributed by atoms with E-state index in [1.54, 1.807) is 52.0 Å². The molecule has 13 heteroatoms. The maximum absolute atomic E-state index is 14.0. The number of pyridine rings is 2. The summed E-state index contributed by atoms with van der Waals surface area (Å²) in [7, 11) is -2.70. The number of aliphatic hydroxyl groups excluding tert-OH is 1. The number of aliphatic hydroxyl groups is 1. The Morgan fingerprint density at radius 2 is 1.19 bits per heavy atom. The number of aromatic nitrogens is 2. The van der Waals surface area contributed by atoms with Crippen molar-refractivity contribution in [3.63, 3.8) is 0 Å². The molecular weight excluding hydrogens is 1190 g/mol. The van der Waals surface area contributed by atoms with Crippen LogP contribution in [0.1, 0.15) is 58.9 Å². The topological polar surface area (TPSA) is 76.2 Å². The number of ketones is 1. The molecule has 0 spiro atoms. The Balaban J connectivity index is 0.000000205. The molecule has 0 saturated carbocycles. The van der Waals surface area contributed by atoms with E-state index in [9.17, 15) is 31.9 Å². The molecule has 0 bridgehead atoms. The second-order valence-corrected chi connectivity index (χ2v) is 31.2. The summed E-state index contributed by atoms with van der Waals surface area (Å²) in [4.78, 5) is 20.4. The maximum atomic E-state index is 14.0. The molecule has 0 amide bonds. The number of alkyl halides is 5. The van der Waals surface area contributed by atoms with Crippen molar-refractivity contribution in [3.05, 3.63) is 181 Å². The zero-order chi connectivity index (χ0) is 55.2. The number of allylic oxidation sites excluding steroid dienone is 2. The van der Waals surface area contributed by atoms with Gasteiger partial charge in [-0.05, 0) is 60.2 Å². The van der Waals surface area contributed by atoms with Crippen LogP contribution in [0.5, 0.6) is 0 Å². The predicted molar refractivity (Wildman–Crippen MR) is 308 cm³/mol. The number of furan rings is 1. The van der Waals surface area contributed by atoms with E-state index in [4.69, 9.17) is 4.42 Å². The van der Waals surface area contributed by atoms with Crippen molar-refractivity contribution in [3.8, 4) is 44.8 Å². The third-order valence-electron chi connectivity index (χ3n) is 14.0.